The maximum absolute atomic E-state index is 6.41. The van der Waals surface area contributed by atoms with Crippen molar-refractivity contribution in [2.75, 3.05) is 0 Å². The van der Waals surface area contributed by atoms with E-state index in [1.165, 1.54) is 66.4 Å². The summed E-state index contributed by atoms with van der Waals surface area (Å²) in [5.74, 6) is 0.540. The van der Waals surface area contributed by atoms with Gasteiger partial charge in [0.1, 0.15) is 11.2 Å². The van der Waals surface area contributed by atoms with Gasteiger partial charge in [-0.1, -0.05) is 177 Å². The molecule has 9 aromatic rings. The molecule has 0 saturated heterocycles. The molecule has 0 saturated carbocycles. The highest BCUT2D eigenvalue weighted by molar-refractivity contribution is 6.09. The van der Waals surface area contributed by atoms with Crippen molar-refractivity contribution >= 4 is 32.7 Å². The van der Waals surface area contributed by atoms with Crippen LogP contribution in [0.5, 0.6) is 0 Å². The second-order valence-corrected chi connectivity index (χ2v) is 14.0. The van der Waals surface area contributed by atoms with Crippen LogP contribution in [-0.2, 0) is 6.42 Å². The van der Waals surface area contributed by atoms with Gasteiger partial charge < -0.3 is 4.42 Å². The molecule has 0 spiro atoms. The molecule has 1 aliphatic rings. The Morgan fingerprint density at radius 2 is 1.18 bits per heavy atom. The number of hydrogen-bond donors (Lipinski definition) is 0. The molecule has 1 unspecified atom stereocenters. The Morgan fingerprint density at radius 3 is 2.02 bits per heavy atom. The number of para-hydroxylation sites is 2. The number of furan rings is 1. The number of fused-ring (bicyclic) bond motifs is 8. The Kier molecular flexibility index (Phi) is 6.99. The van der Waals surface area contributed by atoms with Gasteiger partial charge in [0.15, 0.2) is 0 Å². The minimum absolute atomic E-state index is 0.196. The molecule has 0 N–H and O–H groups in total. The molecule has 0 bridgehead atoms. The van der Waals surface area contributed by atoms with Gasteiger partial charge in [-0.25, -0.2) is 0 Å². The highest BCUT2D eigenvalue weighted by Crippen LogP contribution is 2.49. The van der Waals surface area contributed by atoms with Crippen LogP contribution < -0.4 is 0 Å². The summed E-state index contributed by atoms with van der Waals surface area (Å²) in [4.78, 5) is 0. The Bertz CT molecular complexity index is 2710. The van der Waals surface area contributed by atoms with E-state index in [4.69, 9.17) is 4.42 Å². The van der Waals surface area contributed by atoms with Crippen molar-refractivity contribution in [2.45, 2.75) is 25.2 Å². The van der Waals surface area contributed by atoms with E-state index in [2.05, 4.69) is 177 Å². The minimum atomic E-state index is 0.196. The van der Waals surface area contributed by atoms with Gasteiger partial charge in [-0.3, -0.25) is 0 Å². The van der Waals surface area contributed by atoms with E-state index < -0.39 is 0 Å². The zero-order chi connectivity index (χ0) is 33.9. The van der Waals surface area contributed by atoms with E-state index in [-0.39, 0.29) is 5.92 Å². The summed E-state index contributed by atoms with van der Waals surface area (Å²) in [6, 6.07) is 64.5. The molecule has 1 heteroatoms. The van der Waals surface area contributed by atoms with Crippen molar-refractivity contribution in [1.82, 2.24) is 0 Å². The van der Waals surface area contributed by atoms with Crippen LogP contribution in [0.3, 0.4) is 0 Å². The Labute approximate surface area is 298 Å². The fraction of sp³-hybridized carbons (Fsp3) is 0.0800. The third-order valence-electron chi connectivity index (χ3n) is 11.2. The van der Waals surface area contributed by atoms with E-state index >= 15 is 0 Å². The summed E-state index contributed by atoms with van der Waals surface area (Å²) in [5, 5.41) is 4.96. The number of benzene rings is 8. The highest BCUT2D eigenvalue weighted by atomic mass is 16.3. The summed E-state index contributed by atoms with van der Waals surface area (Å²) in [6.07, 6.45) is 0.913. The first-order valence-electron chi connectivity index (χ1n) is 18.0. The average Bonchev–Trinajstić information content (AvgIpc) is 3.72. The monoisotopic (exact) mass is 652 g/mol. The van der Waals surface area contributed by atoms with Gasteiger partial charge in [0.05, 0.1) is 0 Å². The molecule has 8 aromatic carbocycles. The van der Waals surface area contributed by atoms with Gasteiger partial charge in [-0.2, -0.15) is 0 Å². The topological polar surface area (TPSA) is 13.1 Å². The van der Waals surface area contributed by atoms with Crippen molar-refractivity contribution in [3.8, 4) is 33.4 Å². The first kappa shape index (κ1) is 29.7. The maximum atomic E-state index is 6.41. The lowest BCUT2D eigenvalue weighted by atomic mass is 9.83. The fourth-order valence-electron chi connectivity index (χ4n) is 8.50. The standard InChI is InChI=1S/C50H36O/c1-32-40-28-26-36-12-5-6-13-41(36)49(40)44-29-27-39(31-46(32)44)47(30-33-18-20-35(21-19-33)34-10-3-2-4-11-34)38-24-22-37(23-25-38)42-15-9-16-45-43-14-7-8-17-48(43)51-50(42)45/h2-29,31-32,47H,30H2,1H3/t32-,47?/m0/s1. The van der Waals surface area contributed by atoms with Crippen LogP contribution in [0.4, 0.5) is 0 Å². The Hall–Kier alpha value is -6.18. The van der Waals surface area contributed by atoms with Crippen molar-refractivity contribution in [3.63, 3.8) is 0 Å². The Balaban J connectivity index is 1.06. The first-order chi connectivity index (χ1) is 25.2. The molecule has 0 aliphatic heterocycles. The zero-order valence-corrected chi connectivity index (χ0v) is 28.5. The molecule has 0 fully saturated rings. The average molecular weight is 653 g/mol. The van der Waals surface area contributed by atoms with Crippen LogP contribution in [-0.4, -0.2) is 0 Å². The second-order valence-electron chi connectivity index (χ2n) is 14.0. The summed E-state index contributed by atoms with van der Waals surface area (Å²) >= 11 is 0. The van der Waals surface area contributed by atoms with Crippen LogP contribution in [0.25, 0.3) is 66.1 Å². The van der Waals surface area contributed by atoms with Crippen molar-refractivity contribution < 1.29 is 4.42 Å². The molecule has 1 aromatic heterocycles. The van der Waals surface area contributed by atoms with Gasteiger partial charge in [0.2, 0.25) is 0 Å². The molecule has 1 nitrogen and oxygen atoms in total. The molecule has 51 heavy (non-hydrogen) atoms. The zero-order valence-electron chi connectivity index (χ0n) is 28.5. The molecule has 1 heterocycles. The normalized spacial score (nSPS) is 14.2. The van der Waals surface area contributed by atoms with E-state index in [9.17, 15) is 0 Å². The molecular formula is C50H36O. The second kappa shape index (κ2) is 12.0. The number of rotatable bonds is 6. The van der Waals surface area contributed by atoms with E-state index in [0.29, 0.717) is 5.92 Å². The van der Waals surface area contributed by atoms with Crippen LogP contribution in [0.15, 0.2) is 180 Å². The predicted molar refractivity (Wildman–Crippen MR) is 213 cm³/mol. The van der Waals surface area contributed by atoms with Crippen LogP contribution >= 0.6 is 0 Å². The lowest BCUT2D eigenvalue weighted by Crippen LogP contribution is -2.06. The van der Waals surface area contributed by atoms with E-state index in [0.717, 1.165) is 33.9 Å². The van der Waals surface area contributed by atoms with E-state index in [1.807, 2.05) is 6.07 Å². The van der Waals surface area contributed by atoms with Crippen molar-refractivity contribution in [2.24, 2.45) is 0 Å². The van der Waals surface area contributed by atoms with E-state index in [1.54, 1.807) is 0 Å². The smallest absolute Gasteiger partial charge is 0.143 e. The van der Waals surface area contributed by atoms with Gasteiger partial charge in [0.25, 0.3) is 0 Å². The number of hydrogen-bond acceptors (Lipinski definition) is 1. The van der Waals surface area contributed by atoms with Crippen LogP contribution in [0.2, 0.25) is 0 Å². The third-order valence-corrected chi connectivity index (χ3v) is 11.2. The Morgan fingerprint density at radius 1 is 0.490 bits per heavy atom. The lowest BCUT2D eigenvalue weighted by molar-refractivity contribution is 0.670. The molecule has 1 aliphatic carbocycles. The minimum Gasteiger partial charge on any atom is -0.455 e. The van der Waals surface area contributed by atoms with Gasteiger partial charge in [-0.05, 0) is 78.9 Å². The molecular weight excluding hydrogens is 617 g/mol. The largest absolute Gasteiger partial charge is 0.455 e. The van der Waals surface area contributed by atoms with Gasteiger partial charge in [0, 0.05) is 28.2 Å². The quantitative estimate of drug-likeness (QED) is 0.174. The molecule has 10 rings (SSSR count). The molecule has 0 amide bonds. The van der Waals surface area contributed by atoms with Crippen molar-refractivity contribution in [3.05, 3.63) is 204 Å². The maximum Gasteiger partial charge on any atom is 0.143 e. The molecule has 2 atom stereocenters. The summed E-state index contributed by atoms with van der Waals surface area (Å²) < 4.78 is 6.41. The third kappa shape index (κ3) is 5.00. The highest BCUT2D eigenvalue weighted by Gasteiger charge is 2.28. The van der Waals surface area contributed by atoms with Crippen LogP contribution in [0.1, 0.15) is 46.6 Å². The molecule has 0 radical (unpaired) electrons. The predicted octanol–water partition coefficient (Wildman–Crippen LogP) is 13.6. The summed E-state index contributed by atoms with van der Waals surface area (Å²) in [7, 11) is 0. The lowest BCUT2D eigenvalue weighted by Gasteiger charge is -2.21. The van der Waals surface area contributed by atoms with Crippen LogP contribution in [0, 0.1) is 0 Å². The first-order valence-corrected chi connectivity index (χ1v) is 18.0. The fourth-order valence-corrected chi connectivity index (χ4v) is 8.50. The summed E-state index contributed by atoms with van der Waals surface area (Å²) in [5.41, 5.74) is 16.3. The van der Waals surface area contributed by atoms with Crippen molar-refractivity contribution in [1.29, 1.82) is 0 Å². The SMILES string of the molecule is C[C@@H]1c2cc(C(Cc3ccc(-c4ccccc4)cc3)c3ccc(-c4cccc5c4oc4ccccc45)cc3)ccc2-c2c1ccc1ccccc21. The summed E-state index contributed by atoms with van der Waals surface area (Å²) in [6.45, 7) is 2.37. The van der Waals surface area contributed by atoms with Gasteiger partial charge >= 0.3 is 0 Å². The van der Waals surface area contributed by atoms with Gasteiger partial charge in [-0.15, -0.1) is 0 Å². The molecule has 242 valence electrons.